The van der Waals surface area contributed by atoms with Crippen molar-refractivity contribution in [1.82, 2.24) is 0 Å². The highest BCUT2D eigenvalue weighted by atomic mass is 35.5. The molecular weight excluding hydrogens is 383 g/mol. The summed E-state index contributed by atoms with van der Waals surface area (Å²) in [5, 5.41) is 1.37. The highest BCUT2D eigenvalue weighted by molar-refractivity contribution is 6.31. The van der Waals surface area contributed by atoms with Crippen molar-refractivity contribution >= 4 is 46.1 Å². The Bertz CT molecular complexity index is 1110. The van der Waals surface area contributed by atoms with Gasteiger partial charge in [-0.2, -0.15) is 4.57 Å². The second-order valence-electron chi connectivity index (χ2n) is 6.13. The third kappa shape index (κ3) is 3.46. The van der Waals surface area contributed by atoms with Crippen molar-refractivity contribution < 1.29 is 13.7 Å². The number of rotatable bonds is 3. The Balaban J connectivity index is 1.49. The van der Waals surface area contributed by atoms with Gasteiger partial charge in [0.1, 0.15) is 7.05 Å². The first-order valence-corrected chi connectivity index (χ1v) is 9.13. The van der Waals surface area contributed by atoms with E-state index in [0.717, 1.165) is 34.3 Å². The molecule has 0 fully saturated rings. The van der Waals surface area contributed by atoms with Crippen molar-refractivity contribution in [2.75, 3.05) is 11.9 Å². The molecule has 0 atom stereocenters. The molecule has 136 valence electrons. The summed E-state index contributed by atoms with van der Waals surface area (Å²) >= 11 is 12.1. The summed E-state index contributed by atoms with van der Waals surface area (Å²) in [5.41, 5.74) is 2.70. The normalized spacial score (nSPS) is 15.4. The van der Waals surface area contributed by atoms with Crippen LogP contribution in [0.4, 0.5) is 5.69 Å². The number of hydrogen-bond donors (Lipinski definition) is 0. The Morgan fingerprint density at radius 1 is 1.00 bits per heavy atom. The number of aromatic nitrogens is 1. The molecule has 0 bridgehead atoms. The Morgan fingerprint density at radius 2 is 1.78 bits per heavy atom. The van der Waals surface area contributed by atoms with E-state index in [4.69, 9.17) is 32.4 Å². The highest BCUT2D eigenvalue weighted by Gasteiger charge is 2.22. The molecule has 2 heterocycles. The molecule has 0 amide bonds. The van der Waals surface area contributed by atoms with E-state index in [-0.39, 0.29) is 0 Å². The summed E-state index contributed by atoms with van der Waals surface area (Å²) < 4.78 is 13.6. The van der Waals surface area contributed by atoms with Crippen molar-refractivity contribution in [1.29, 1.82) is 0 Å². The fourth-order valence-electron chi connectivity index (χ4n) is 2.91. The van der Waals surface area contributed by atoms with E-state index in [1.165, 1.54) is 0 Å². The molecule has 2 aromatic carbocycles. The molecule has 1 aliphatic rings. The predicted octanol–water partition coefficient (Wildman–Crippen LogP) is 5.50. The summed E-state index contributed by atoms with van der Waals surface area (Å²) in [7, 11) is 3.88. The molecule has 3 aromatic rings. The van der Waals surface area contributed by atoms with Gasteiger partial charge in [0.15, 0.2) is 11.6 Å². The van der Waals surface area contributed by atoms with Gasteiger partial charge in [-0.15, -0.1) is 0 Å². The zero-order valence-electron chi connectivity index (χ0n) is 14.8. The summed E-state index contributed by atoms with van der Waals surface area (Å²) in [6, 6.07) is 11.1. The van der Waals surface area contributed by atoms with E-state index < -0.39 is 0 Å². The van der Waals surface area contributed by atoms with Crippen LogP contribution in [-0.2, 0) is 7.05 Å². The summed E-state index contributed by atoms with van der Waals surface area (Å²) in [6.07, 6.45) is 9.54. The molecule has 6 heteroatoms. The standard InChI is InChI=1S/C21H17Cl2N2O2/c1-24-16-12-14(22)8-10-18(16)26-20(24)6-4-3-5-7-21-25(2)17-13-15(23)9-11-19(17)27-21/h3-13H,1-2H3/q+1. The third-order valence-electron chi connectivity index (χ3n) is 4.35. The smallest absolute Gasteiger partial charge is 0.373 e. The van der Waals surface area contributed by atoms with Crippen LogP contribution in [-0.4, -0.2) is 7.05 Å². The van der Waals surface area contributed by atoms with Crippen molar-refractivity contribution in [3.05, 3.63) is 82.5 Å². The zero-order valence-corrected chi connectivity index (χ0v) is 16.3. The minimum atomic E-state index is 0.684. The van der Waals surface area contributed by atoms with Gasteiger partial charge in [-0.3, -0.25) is 0 Å². The summed E-state index contributed by atoms with van der Waals surface area (Å²) in [4.78, 5) is 1.96. The predicted molar refractivity (Wildman–Crippen MR) is 109 cm³/mol. The number of oxazole rings is 1. The van der Waals surface area contributed by atoms with E-state index in [2.05, 4.69) is 0 Å². The number of aryl methyl sites for hydroxylation is 1. The molecule has 4 nitrogen and oxygen atoms in total. The lowest BCUT2D eigenvalue weighted by atomic mass is 10.3. The lowest BCUT2D eigenvalue weighted by Crippen LogP contribution is -2.29. The van der Waals surface area contributed by atoms with Gasteiger partial charge in [0.05, 0.1) is 11.8 Å². The van der Waals surface area contributed by atoms with Crippen molar-refractivity contribution in [3.8, 4) is 5.75 Å². The first kappa shape index (κ1) is 17.7. The van der Waals surface area contributed by atoms with Gasteiger partial charge < -0.3 is 14.1 Å². The van der Waals surface area contributed by atoms with E-state index >= 15 is 0 Å². The number of allylic oxidation sites excluding steroid dienone is 4. The van der Waals surface area contributed by atoms with Crippen LogP contribution in [0.3, 0.4) is 0 Å². The lowest BCUT2D eigenvalue weighted by Gasteiger charge is -2.09. The monoisotopic (exact) mass is 399 g/mol. The first-order valence-electron chi connectivity index (χ1n) is 8.37. The van der Waals surface area contributed by atoms with Gasteiger partial charge in [-0.05, 0) is 36.4 Å². The second kappa shape index (κ2) is 7.14. The van der Waals surface area contributed by atoms with E-state index in [0.29, 0.717) is 10.0 Å². The summed E-state index contributed by atoms with van der Waals surface area (Å²) in [6.45, 7) is 0. The number of benzene rings is 2. The van der Waals surface area contributed by atoms with Gasteiger partial charge >= 0.3 is 5.89 Å². The van der Waals surface area contributed by atoms with Crippen LogP contribution >= 0.6 is 23.2 Å². The molecule has 0 unspecified atom stereocenters. The molecule has 0 saturated carbocycles. The van der Waals surface area contributed by atoms with Crippen LogP contribution in [0.5, 0.6) is 5.75 Å². The van der Waals surface area contributed by atoms with Crippen molar-refractivity contribution in [3.63, 3.8) is 0 Å². The number of halogens is 2. The SMILES string of the molecule is CN1C(=CC=CC=Cc2oc3ccc(Cl)cc3[n+]2C)Oc2ccc(Cl)cc21. The topological polar surface area (TPSA) is 29.5 Å². The quantitative estimate of drug-likeness (QED) is 0.429. The molecule has 0 spiro atoms. The largest absolute Gasteiger partial charge is 0.439 e. The van der Waals surface area contributed by atoms with E-state index in [9.17, 15) is 0 Å². The Labute approximate surface area is 167 Å². The van der Waals surface area contributed by atoms with Crippen LogP contribution in [0.25, 0.3) is 17.2 Å². The Morgan fingerprint density at radius 3 is 2.63 bits per heavy atom. The fourth-order valence-corrected chi connectivity index (χ4v) is 3.24. The van der Waals surface area contributed by atoms with Crippen LogP contribution in [0, 0.1) is 0 Å². The maximum Gasteiger partial charge on any atom is 0.373 e. The third-order valence-corrected chi connectivity index (χ3v) is 4.82. The van der Waals surface area contributed by atoms with Crippen LogP contribution < -0.4 is 14.2 Å². The van der Waals surface area contributed by atoms with Gasteiger partial charge in [-0.1, -0.05) is 41.4 Å². The molecular formula is C21H17Cl2N2O2+. The van der Waals surface area contributed by atoms with Crippen LogP contribution in [0.15, 0.2) is 71.0 Å². The number of anilines is 1. The number of nitrogens with zero attached hydrogens (tertiary/aromatic N) is 2. The van der Waals surface area contributed by atoms with E-state index in [1.807, 2.05) is 90.3 Å². The second-order valence-corrected chi connectivity index (χ2v) is 7.01. The molecule has 0 radical (unpaired) electrons. The molecule has 0 saturated heterocycles. The minimum Gasteiger partial charge on any atom is -0.439 e. The van der Waals surface area contributed by atoms with Gasteiger partial charge in [0.25, 0.3) is 5.52 Å². The zero-order chi connectivity index (χ0) is 19.0. The molecule has 1 aromatic heterocycles. The van der Waals surface area contributed by atoms with Crippen molar-refractivity contribution in [2.45, 2.75) is 0 Å². The minimum absolute atomic E-state index is 0.684. The molecule has 27 heavy (non-hydrogen) atoms. The lowest BCUT2D eigenvalue weighted by molar-refractivity contribution is -0.652. The molecule has 4 rings (SSSR count). The Hall–Kier alpha value is -2.69. The first-order chi connectivity index (χ1) is 13.0. The molecule has 0 aliphatic carbocycles. The maximum absolute atomic E-state index is 6.05. The summed E-state index contributed by atoms with van der Waals surface area (Å²) in [5.74, 6) is 2.27. The van der Waals surface area contributed by atoms with Crippen molar-refractivity contribution in [2.24, 2.45) is 7.05 Å². The van der Waals surface area contributed by atoms with Gasteiger partial charge in [-0.25, -0.2) is 0 Å². The number of ether oxygens (including phenoxy) is 1. The Kier molecular flexibility index (Phi) is 4.68. The van der Waals surface area contributed by atoms with Crippen LogP contribution in [0.1, 0.15) is 5.89 Å². The fraction of sp³-hybridized carbons (Fsp3) is 0.0952. The van der Waals surface area contributed by atoms with Gasteiger partial charge in [0.2, 0.25) is 5.58 Å². The highest BCUT2D eigenvalue weighted by Crippen LogP contribution is 2.39. The molecule has 0 N–H and O–H groups in total. The average molecular weight is 400 g/mol. The maximum atomic E-state index is 6.05. The van der Waals surface area contributed by atoms with Crippen LogP contribution in [0.2, 0.25) is 10.0 Å². The number of fused-ring (bicyclic) bond motifs is 2. The van der Waals surface area contributed by atoms with E-state index in [1.54, 1.807) is 0 Å². The number of hydrogen-bond acceptors (Lipinski definition) is 3. The molecule has 1 aliphatic heterocycles. The average Bonchev–Trinajstić information content (AvgIpc) is 3.13. The van der Waals surface area contributed by atoms with Gasteiger partial charge in [0, 0.05) is 23.2 Å².